The lowest BCUT2D eigenvalue weighted by Crippen LogP contribution is -2.50. The van der Waals surface area contributed by atoms with Gasteiger partial charge < -0.3 is 10.2 Å². The highest BCUT2D eigenvalue weighted by atomic mass is 15.2. The number of rotatable bonds is 5. The van der Waals surface area contributed by atoms with Gasteiger partial charge in [-0.15, -0.1) is 0 Å². The minimum absolute atomic E-state index is 0.807. The fraction of sp³-hybridized carbons (Fsp3) is 1.00. The Morgan fingerprint density at radius 2 is 1.67 bits per heavy atom. The van der Waals surface area contributed by atoms with Gasteiger partial charge in [0.05, 0.1) is 0 Å². The van der Waals surface area contributed by atoms with Gasteiger partial charge in [-0.2, -0.15) is 0 Å². The molecule has 122 valence electrons. The van der Waals surface area contributed by atoms with Gasteiger partial charge in [-0.05, 0) is 69.9 Å². The highest BCUT2D eigenvalue weighted by Crippen LogP contribution is 2.43. The largest absolute Gasteiger partial charge is 0.314 e. The van der Waals surface area contributed by atoms with Gasteiger partial charge in [-0.1, -0.05) is 33.1 Å². The topological polar surface area (TPSA) is 15.3 Å². The maximum Gasteiger partial charge on any atom is 0.0125 e. The molecule has 3 aliphatic rings. The minimum atomic E-state index is 0.807. The lowest BCUT2D eigenvalue weighted by molar-refractivity contribution is 0.0796. The van der Waals surface area contributed by atoms with Crippen LogP contribution < -0.4 is 5.32 Å². The molecule has 5 atom stereocenters. The van der Waals surface area contributed by atoms with E-state index in [2.05, 4.69) is 31.1 Å². The van der Waals surface area contributed by atoms with Gasteiger partial charge in [0.2, 0.25) is 0 Å². The molecule has 1 aliphatic carbocycles. The Bertz CT molecular complexity index is 316. The molecule has 3 rings (SSSR count). The number of hydrogen-bond acceptors (Lipinski definition) is 2. The maximum atomic E-state index is 3.93. The summed E-state index contributed by atoms with van der Waals surface area (Å²) < 4.78 is 0. The minimum Gasteiger partial charge on any atom is -0.314 e. The molecule has 0 spiro atoms. The fourth-order valence-corrected chi connectivity index (χ4v) is 5.73. The Morgan fingerprint density at radius 3 is 2.29 bits per heavy atom. The van der Waals surface area contributed by atoms with Crippen LogP contribution in [0.2, 0.25) is 0 Å². The Hall–Kier alpha value is -0.0800. The van der Waals surface area contributed by atoms with Crippen LogP contribution in [0.25, 0.3) is 0 Å². The van der Waals surface area contributed by atoms with Crippen molar-refractivity contribution >= 4 is 0 Å². The van der Waals surface area contributed by atoms with E-state index in [1.54, 1.807) is 0 Å². The molecule has 0 aromatic rings. The van der Waals surface area contributed by atoms with Crippen molar-refractivity contribution in [1.82, 2.24) is 10.2 Å². The number of fused-ring (bicyclic) bond motifs is 2. The van der Waals surface area contributed by atoms with Crippen molar-refractivity contribution < 1.29 is 0 Å². The van der Waals surface area contributed by atoms with Crippen LogP contribution in [0.3, 0.4) is 0 Å². The summed E-state index contributed by atoms with van der Waals surface area (Å²) in [7, 11) is 2.37. The lowest BCUT2D eigenvalue weighted by Gasteiger charge is -2.44. The van der Waals surface area contributed by atoms with Crippen molar-refractivity contribution in [3.05, 3.63) is 0 Å². The van der Waals surface area contributed by atoms with E-state index in [9.17, 15) is 0 Å². The third-order valence-corrected chi connectivity index (χ3v) is 6.99. The Morgan fingerprint density at radius 1 is 0.952 bits per heavy atom. The number of nitrogens with zero attached hydrogens (tertiary/aromatic N) is 1. The van der Waals surface area contributed by atoms with E-state index >= 15 is 0 Å². The maximum absolute atomic E-state index is 3.93. The lowest BCUT2D eigenvalue weighted by atomic mass is 9.71. The highest BCUT2D eigenvalue weighted by molar-refractivity contribution is 4.98. The molecular formula is C19H36N2. The zero-order valence-electron chi connectivity index (χ0n) is 14.5. The highest BCUT2D eigenvalue weighted by Gasteiger charge is 2.43. The van der Waals surface area contributed by atoms with Crippen LogP contribution >= 0.6 is 0 Å². The average molecular weight is 293 g/mol. The van der Waals surface area contributed by atoms with Gasteiger partial charge >= 0.3 is 0 Å². The Labute approximate surface area is 132 Å². The van der Waals surface area contributed by atoms with Gasteiger partial charge in [0.15, 0.2) is 0 Å². The van der Waals surface area contributed by atoms with E-state index in [1.807, 2.05) is 0 Å². The Balaban J connectivity index is 1.66. The van der Waals surface area contributed by atoms with E-state index in [0.29, 0.717) is 0 Å². The Kier molecular flexibility index (Phi) is 5.27. The van der Waals surface area contributed by atoms with Crippen molar-refractivity contribution in [3.8, 4) is 0 Å². The molecule has 2 saturated heterocycles. The van der Waals surface area contributed by atoms with Gasteiger partial charge in [-0.3, -0.25) is 0 Å². The van der Waals surface area contributed by atoms with Crippen LogP contribution in [0.4, 0.5) is 0 Å². The first kappa shape index (κ1) is 15.8. The van der Waals surface area contributed by atoms with Crippen LogP contribution in [0, 0.1) is 17.8 Å². The summed E-state index contributed by atoms with van der Waals surface area (Å²) in [6, 6.07) is 2.59. The average Bonchev–Trinajstić information content (AvgIpc) is 2.74. The first-order valence-electron chi connectivity index (χ1n) is 9.68. The molecule has 21 heavy (non-hydrogen) atoms. The summed E-state index contributed by atoms with van der Waals surface area (Å²) >= 11 is 0. The molecule has 2 nitrogen and oxygen atoms in total. The molecule has 0 amide bonds. The predicted molar refractivity (Wildman–Crippen MR) is 90.5 cm³/mol. The first-order chi connectivity index (χ1) is 10.2. The molecule has 0 aromatic carbocycles. The van der Waals surface area contributed by atoms with E-state index < -0.39 is 0 Å². The van der Waals surface area contributed by atoms with Gasteiger partial charge in [0.1, 0.15) is 0 Å². The van der Waals surface area contributed by atoms with Gasteiger partial charge in [0.25, 0.3) is 0 Å². The van der Waals surface area contributed by atoms with Crippen LogP contribution in [-0.2, 0) is 0 Å². The third kappa shape index (κ3) is 3.32. The first-order valence-corrected chi connectivity index (χ1v) is 9.68. The zero-order valence-corrected chi connectivity index (χ0v) is 14.5. The molecule has 5 unspecified atom stereocenters. The van der Waals surface area contributed by atoms with Crippen molar-refractivity contribution in [2.24, 2.45) is 17.8 Å². The van der Waals surface area contributed by atoms with E-state index in [0.717, 1.165) is 42.4 Å². The number of hydrogen-bond donors (Lipinski definition) is 1. The second kappa shape index (κ2) is 7.00. The molecule has 2 aliphatic heterocycles. The zero-order chi connectivity index (χ0) is 14.8. The van der Waals surface area contributed by atoms with E-state index in [4.69, 9.17) is 0 Å². The molecule has 3 fully saturated rings. The van der Waals surface area contributed by atoms with Crippen molar-refractivity contribution in [2.45, 2.75) is 89.8 Å². The summed E-state index contributed by atoms with van der Waals surface area (Å²) in [4.78, 5) is 2.69. The SMILES string of the molecule is CCNC(C1CCCC(CC)C1)C1CC2CCC(C1)N2C. The van der Waals surface area contributed by atoms with Crippen molar-refractivity contribution in [1.29, 1.82) is 0 Å². The van der Waals surface area contributed by atoms with E-state index in [1.165, 1.54) is 57.8 Å². The molecule has 2 heteroatoms. The molecule has 2 bridgehead atoms. The second-order valence-electron chi connectivity index (χ2n) is 8.07. The van der Waals surface area contributed by atoms with E-state index in [-0.39, 0.29) is 0 Å². The van der Waals surface area contributed by atoms with Crippen LogP contribution in [0.5, 0.6) is 0 Å². The van der Waals surface area contributed by atoms with Gasteiger partial charge in [0, 0.05) is 18.1 Å². The smallest absolute Gasteiger partial charge is 0.0125 e. The molecule has 0 aromatic heterocycles. The summed E-state index contributed by atoms with van der Waals surface area (Å²) in [5, 5.41) is 3.93. The molecule has 2 heterocycles. The van der Waals surface area contributed by atoms with Crippen molar-refractivity contribution in [2.75, 3.05) is 13.6 Å². The monoisotopic (exact) mass is 292 g/mol. The van der Waals surface area contributed by atoms with Gasteiger partial charge in [-0.25, -0.2) is 0 Å². The molecule has 0 radical (unpaired) electrons. The summed E-state index contributed by atoms with van der Waals surface area (Å²) in [5.74, 6) is 2.91. The quantitative estimate of drug-likeness (QED) is 0.822. The van der Waals surface area contributed by atoms with Crippen LogP contribution in [0.15, 0.2) is 0 Å². The summed E-state index contributed by atoms with van der Waals surface area (Å²) in [6.45, 7) is 5.85. The molecule has 1 saturated carbocycles. The van der Waals surface area contributed by atoms with Crippen molar-refractivity contribution in [3.63, 3.8) is 0 Å². The molecular weight excluding hydrogens is 256 g/mol. The molecule has 1 N–H and O–H groups in total. The third-order valence-electron chi connectivity index (χ3n) is 6.99. The van der Waals surface area contributed by atoms with Crippen LogP contribution in [-0.4, -0.2) is 36.6 Å². The summed E-state index contributed by atoms with van der Waals surface area (Å²) in [6.07, 6.45) is 13.2. The fourth-order valence-electron chi connectivity index (χ4n) is 5.73. The number of piperidine rings is 1. The van der Waals surface area contributed by atoms with Crippen LogP contribution in [0.1, 0.15) is 71.6 Å². The number of nitrogens with one attached hydrogen (secondary N) is 1. The normalized spacial score (nSPS) is 42.1. The summed E-state index contributed by atoms with van der Waals surface area (Å²) in [5.41, 5.74) is 0. The second-order valence-corrected chi connectivity index (χ2v) is 8.07. The predicted octanol–water partition coefficient (Wildman–Crippen LogP) is 4.05. The standard InChI is InChI=1S/C19H36N2/c1-4-14-7-6-8-15(11-14)19(20-5-2)16-12-17-9-10-18(13-16)21(17)3/h14-20H,4-13H2,1-3H3.